The summed E-state index contributed by atoms with van der Waals surface area (Å²) in [6, 6.07) is 11.9. The number of benzene rings is 2. The van der Waals surface area contributed by atoms with Gasteiger partial charge in [0.15, 0.2) is 0 Å². The number of hydrogen-bond donors (Lipinski definition) is 2. The van der Waals surface area contributed by atoms with Gasteiger partial charge in [-0.05, 0) is 61.2 Å². The summed E-state index contributed by atoms with van der Waals surface area (Å²) in [5.74, 6) is -1.78. The fourth-order valence-corrected chi connectivity index (χ4v) is 4.93. The molecule has 1 aromatic heterocycles. The number of amides is 1. The van der Waals surface area contributed by atoms with Gasteiger partial charge in [-0.2, -0.15) is 0 Å². The number of aliphatic hydroxyl groups is 1. The first kappa shape index (κ1) is 21.9. The summed E-state index contributed by atoms with van der Waals surface area (Å²) in [6.45, 7) is 4.04. The lowest BCUT2D eigenvalue weighted by molar-refractivity contribution is -0.132. The molecule has 2 heterocycles. The Labute approximate surface area is 193 Å². The summed E-state index contributed by atoms with van der Waals surface area (Å²) < 4.78 is 5.50. The van der Waals surface area contributed by atoms with E-state index in [-0.39, 0.29) is 22.8 Å². The first-order valence-corrected chi connectivity index (χ1v) is 11.2. The minimum Gasteiger partial charge on any atom is -0.507 e. The van der Waals surface area contributed by atoms with Crippen molar-refractivity contribution in [1.29, 1.82) is 0 Å². The van der Waals surface area contributed by atoms with Crippen LogP contribution >= 0.6 is 22.9 Å². The van der Waals surface area contributed by atoms with E-state index in [2.05, 4.69) is 0 Å². The number of phenolic OH excluding ortho intramolecular Hbond substituents is 1. The van der Waals surface area contributed by atoms with Crippen LogP contribution in [0.1, 0.15) is 29.0 Å². The molecular weight excluding hydrogens is 450 g/mol. The molecule has 2 aromatic carbocycles. The number of aliphatic hydroxyl groups excluding tert-OH is 1. The third-order valence-corrected chi connectivity index (χ3v) is 6.62. The van der Waals surface area contributed by atoms with Crippen molar-refractivity contribution in [2.24, 2.45) is 0 Å². The fourth-order valence-electron chi connectivity index (χ4n) is 3.73. The number of phenols is 1. The molecule has 0 bridgehead atoms. The van der Waals surface area contributed by atoms with Gasteiger partial charge in [0.25, 0.3) is 11.7 Å². The number of thiophene rings is 1. The molecule has 0 aliphatic carbocycles. The second kappa shape index (κ2) is 8.68. The van der Waals surface area contributed by atoms with E-state index in [9.17, 15) is 19.8 Å². The van der Waals surface area contributed by atoms with Crippen LogP contribution in [0.3, 0.4) is 0 Å². The number of Topliss-reactive ketones (excluding diaryl/α,β-unsaturated/α-hetero) is 1. The Balaban J connectivity index is 1.95. The molecule has 1 aliphatic heterocycles. The molecule has 1 fully saturated rings. The number of carbonyl (C=O) groups is 2. The van der Waals surface area contributed by atoms with Crippen LogP contribution in [-0.4, -0.2) is 28.5 Å². The van der Waals surface area contributed by atoms with Gasteiger partial charge in [0.1, 0.15) is 23.3 Å². The maximum Gasteiger partial charge on any atom is 0.300 e. The lowest BCUT2D eigenvalue weighted by Crippen LogP contribution is -2.29. The number of ketones is 1. The number of halogens is 1. The predicted octanol–water partition coefficient (Wildman–Crippen LogP) is 5.44. The van der Waals surface area contributed by atoms with E-state index in [0.717, 1.165) is 5.56 Å². The Morgan fingerprint density at radius 3 is 2.59 bits per heavy atom. The highest BCUT2D eigenvalue weighted by Gasteiger charge is 2.48. The van der Waals surface area contributed by atoms with Gasteiger partial charge in [-0.15, -0.1) is 11.3 Å². The number of anilines is 1. The predicted molar refractivity (Wildman–Crippen MR) is 125 cm³/mol. The number of aryl methyl sites for hydroxylation is 1. The first-order chi connectivity index (χ1) is 15.3. The average Bonchev–Trinajstić information content (AvgIpc) is 3.30. The maximum absolute atomic E-state index is 13.2. The van der Waals surface area contributed by atoms with Crippen LogP contribution in [0.4, 0.5) is 5.69 Å². The summed E-state index contributed by atoms with van der Waals surface area (Å²) in [7, 11) is 0. The van der Waals surface area contributed by atoms with Gasteiger partial charge >= 0.3 is 0 Å². The topological polar surface area (TPSA) is 87.1 Å². The minimum absolute atomic E-state index is 0.0615. The molecule has 1 saturated heterocycles. The van der Waals surface area contributed by atoms with E-state index in [0.29, 0.717) is 27.8 Å². The van der Waals surface area contributed by atoms with Crippen LogP contribution < -0.4 is 9.64 Å². The molecule has 1 aliphatic rings. The van der Waals surface area contributed by atoms with E-state index in [4.69, 9.17) is 16.3 Å². The van der Waals surface area contributed by atoms with E-state index in [1.807, 2.05) is 18.4 Å². The van der Waals surface area contributed by atoms with E-state index in [1.54, 1.807) is 37.3 Å². The summed E-state index contributed by atoms with van der Waals surface area (Å²) in [5.41, 5.74) is 1.29. The van der Waals surface area contributed by atoms with Crippen LogP contribution in [-0.2, 0) is 9.59 Å². The van der Waals surface area contributed by atoms with Crippen LogP contribution in [0.5, 0.6) is 11.5 Å². The Morgan fingerprint density at radius 2 is 1.94 bits per heavy atom. The average molecular weight is 470 g/mol. The van der Waals surface area contributed by atoms with Gasteiger partial charge in [0.2, 0.25) is 0 Å². The summed E-state index contributed by atoms with van der Waals surface area (Å²) >= 11 is 7.53. The number of carbonyl (C=O) groups excluding carboxylic acids is 2. The first-order valence-electron chi connectivity index (χ1n) is 9.90. The molecule has 1 atom stereocenters. The zero-order valence-corrected chi connectivity index (χ0v) is 18.9. The molecule has 6 nitrogen and oxygen atoms in total. The van der Waals surface area contributed by atoms with Gasteiger partial charge in [-0.1, -0.05) is 23.7 Å². The van der Waals surface area contributed by atoms with Crippen molar-refractivity contribution in [1.82, 2.24) is 0 Å². The van der Waals surface area contributed by atoms with Crippen LogP contribution in [0.2, 0.25) is 5.02 Å². The highest BCUT2D eigenvalue weighted by Crippen LogP contribution is 2.47. The van der Waals surface area contributed by atoms with Crippen LogP contribution in [0.15, 0.2) is 59.5 Å². The van der Waals surface area contributed by atoms with Crippen molar-refractivity contribution in [3.8, 4) is 11.5 Å². The zero-order chi connectivity index (χ0) is 23.0. The molecule has 0 saturated carbocycles. The fraction of sp³-hybridized carbons (Fsp3) is 0.167. The molecule has 4 rings (SSSR count). The molecule has 3 aromatic rings. The van der Waals surface area contributed by atoms with Crippen molar-refractivity contribution < 1.29 is 24.5 Å². The number of aromatic hydroxyl groups is 1. The molecule has 0 radical (unpaired) electrons. The van der Waals surface area contributed by atoms with Crippen molar-refractivity contribution in [3.05, 3.63) is 80.5 Å². The van der Waals surface area contributed by atoms with Crippen molar-refractivity contribution in [2.75, 3.05) is 11.5 Å². The standard InChI is InChI=1S/C24H20ClNO5S/c1-3-31-18-12-14(8-9-15(18)25)21(28)19-20(23-13(2)10-11-32-23)26(24(30)22(19)29)16-6-4-5-7-17(16)27/h4-12,20,27-28H,3H2,1-2H3/b21-19-. The molecule has 2 N–H and O–H groups in total. The molecular formula is C24H20ClNO5S. The molecule has 164 valence electrons. The highest BCUT2D eigenvalue weighted by atomic mass is 35.5. The molecule has 1 amide bonds. The van der Waals surface area contributed by atoms with Gasteiger partial charge in [-0.3, -0.25) is 14.5 Å². The van der Waals surface area contributed by atoms with Crippen molar-refractivity contribution in [2.45, 2.75) is 19.9 Å². The van der Waals surface area contributed by atoms with Crippen molar-refractivity contribution >= 4 is 46.1 Å². The third-order valence-electron chi connectivity index (χ3n) is 5.24. The van der Waals surface area contributed by atoms with E-state index < -0.39 is 17.7 Å². The summed E-state index contributed by atoms with van der Waals surface area (Å²) in [5, 5.41) is 23.8. The van der Waals surface area contributed by atoms with Crippen LogP contribution in [0, 0.1) is 6.92 Å². The Morgan fingerprint density at radius 1 is 1.19 bits per heavy atom. The SMILES string of the molecule is CCOc1cc(/C(O)=C2/C(=O)C(=O)N(c3ccccc3O)C2c2sccc2C)ccc1Cl. The number of rotatable bonds is 5. The quantitative estimate of drug-likeness (QED) is 0.295. The molecule has 8 heteroatoms. The van der Waals surface area contributed by atoms with Gasteiger partial charge in [0, 0.05) is 10.4 Å². The smallest absolute Gasteiger partial charge is 0.300 e. The Kier molecular flexibility index (Phi) is 5.95. The molecule has 32 heavy (non-hydrogen) atoms. The molecule has 1 unspecified atom stereocenters. The lowest BCUT2D eigenvalue weighted by atomic mass is 9.98. The second-order valence-electron chi connectivity index (χ2n) is 7.20. The second-order valence-corrected chi connectivity index (χ2v) is 8.56. The highest BCUT2D eigenvalue weighted by molar-refractivity contribution is 7.10. The lowest BCUT2D eigenvalue weighted by Gasteiger charge is -2.25. The van der Waals surface area contributed by atoms with Gasteiger partial charge in [-0.25, -0.2) is 0 Å². The third kappa shape index (κ3) is 3.63. The van der Waals surface area contributed by atoms with Crippen molar-refractivity contribution in [3.63, 3.8) is 0 Å². The molecule has 0 spiro atoms. The minimum atomic E-state index is -0.894. The Bertz CT molecular complexity index is 1250. The number of para-hydroxylation sites is 2. The summed E-state index contributed by atoms with van der Waals surface area (Å²) in [6.07, 6.45) is 0. The monoisotopic (exact) mass is 469 g/mol. The maximum atomic E-state index is 13.2. The number of nitrogens with zero attached hydrogens (tertiary/aromatic N) is 1. The number of hydrogen-bond acceptors (Lipinski definition) is 6. The largest absolute Gasteiger partial charge is 0.507 e. The number of ether oxygens (including phenoxy) is 1. The van der Waals surface area contributed by atoms with Gasteiger partial charge in [0.05, 0.1) is 22.9 Å². The van der Waals surface area contributed by atoms with Gasteiger partial charge < -0.3 is 14.9 Å². The summed E-state index contributed by atoms with van der Waals surface area (Å²) in [4.78, 5) is 28.2. The van der Waals surface area contributed by atoms with Crippen LogP contribution in [0.25, 0.3) is 5.76 Å². The zero-order valence-electron chi connectivity index (χ0n) is 17.3. The normalized spacial score (nSPS) is 17.7. The Hall–Kier alpha value is -3.29. The van der Waals surface area contributed by atoms with E-state index in [1.165, 1.54) is 28.4 Å². The van der Waals surface area contributed by atoms with E-state index >= 15 is 0 Å².